The number of aliphatic imine (C=N–C) groups is 1. The summed E-state index contributed by atoms with van der Waals surface area (Å²) in [6.07, 6.45) is 7.08. The monoisotopic (exact) mass is 356 g/mol. The van der Waals surface area contributed by atoms with Gasteiger partial charge in [0, 0.05) is 46.3 Å². The smallest absolute Gasteiger partial charge is 0.0632 e. The summed E-state index contributed by atoms with van der Waals surface area (Å²) in [6.45, 7) is 2.29. The highest BCUT2D eigenvalue weighted by Crippen LogP contribution is 2.54. The molecule has 0 spiro atoms. The number of rotatable bonds is 1. The first kappa shape index (κ1) is 14.9. The first-order valence-corrected chi connectivity index (χ1v) is 10.2. The molecule has 3 aliphatic rings. The summed E-state index contributed by atoms with van der Waals surface area (Å²) in [5.41, 5.74) is 4.05. The largest absolute Gasteiger partial charge is 0.294 e. The summed E-state index contributed by atoms with van der Waals surface area (Å²) in [6, 6.07) is 19.8. The van der Waals surface area contributed by atoms with Crippen molar-refractivity contribution in [3.05, 3.63) is 77.2 Å². The number of allylic oxidation sites excluding steroid dienone is 1. The number of fused-ring (bicyclic) bond motifs is 3. The lowest BCUT2D eigenvalue weighted by Gasteiger charge is -2.43. The van der Waals surface area contributed by atoms with Gasteiger partial charge in [-0.15, -0.1) is 11.3 Å². The van der Waals surface area contributed by atoms with Crippen molar-refractivity contribution < 1.29 is 0 Å². The summed E-state index contributed by atoms with van der Waals surface area (Å²) in [5, 5.41) is 1.47. The van der Waals surface area contributed by atoms with Crippen LogP contribution in [0.5, 0.6) is 0 Å². The predicted molar refractivity (Wildman–Crippen MR) is 110 cm³/mol. The first-order valence-electron chi connectivity index (χ1n) is 9.40. The fourth-order valence-electron chi connectivity index (χ4n) is 5.11. The van der Waals surface area contributed by atoms with Crippen LogP contribution in [0.25, 0.3) is 10.1 Å². The maximum Gasteiger partial charge on any atom is 0.0632 e. The molecule has 3 heteroatoms. The molecule has 2 aliphatic heterocycles. The minimum absolute atomic E-state index is 0.201. The predicted octanol–water partition coefficient (Wildman–Crippen LogP) is 5.46. The molecule has 2 aromatic carbocycles. The van der Waals surface area contributed by atoms with E-state index in [0.29, 0.717) is 6.04 Å². The van der Waals surface area contributed by atoms with Gasteiger partial charge in [0.05, 0.1) is 5.69 Å². The highest BCUT2D eigenvalue weighted by atomic mass is 32.1. The Morgan fingerprint density at radius 1 is 1.04 bits per heavy atom. The lowest BCUT2D eigenvalue weighted by atomic mass is 9.70. The van der Waals surface area contributed by atoms with E-state index in [-0.39, 0.29) is 5.41 Å². The topological polar surface area (TPSA) is 15.6 Å². The molecular formula is C23H20N2S. The van der Waals surface area contributed by atoms with Crippen molar-refractivity contribution in [1.29, 1.82) is 0 Å². The van der Waals surface area contributed by atoms with Gasteiger partial charge >= 0.3 is 0 Å². The van der Waals surface area contributed by atoms with Crippen molar-refractivity contribution in [2.24, 2.45) is 4.99 Å². The van der Waals surface area contributed by atoms with Crippen LogP contribution in [0.3, 0.4) is 0 Å². The summed E-state index contributed by atoms with van der Waals surface area (Å²) >= 11 is 2.02. The van der Waals surface area contributed by atoms with Crippen LogP contribution in [-0.4, -0.2) is 23.2 Å². The average Bonchev–Trinajstić information content (AvgIpc) is 3.19. The second-order valence-corrected chi connectivity index (χ2v) is 8.71. The van der Waals surface area contributed by atoms with Crippen molar-refractivity contribution in [3.63, 3.8) is 0 Å². The van der Waals surface area contributed by atoms with Crippen molar-refractivity contribution >= 4 is 32.8 Å². The van der Waals surface area contributed by atoms with Crippen LogP contribution in [0.2, 0.25) is 0 Å². The van der Waals surface area contributed by atoms with E-state index in [1.165, 1.54) is 28.8 Å². The standard InChI is InChI=1S/C23H20N2S/c1-2-6-16(7-3-1)24-17-10-11-23-12-13-25(21(23)14-17)15-19-18-8-4-5-9-20(18)26-22(19)23/h1-11,21H,12-15H2/b24-17+/t21-,23+/m0/s1. The van der Waals surface area contributed by atoms with Gasteiger partial charge in [0.1, 0.15) is 0 Å². The molecule has 3 aromatic rings. The van der Waals surface area contributed by atoms with Crippen molar-refractivity contribution in [1.82, 2.24) is 4.90 Å². The van der Waals surface area contributed by atoms with E-state index in [1.807, 2.05) is 17.4 Å². The second kappa shape index (κ2) is 5.38. The van der Waals surface area contributed by atoms with Crippen LogP contribution >= 0.6 is 11.3 Å². The Hall–Kier alpha value is -2.23. The fraction of sp³-hybridized carbons (Fsp3) is 0.261. The lowest BCUT2D eigenvalue weighted by Crippen LogP contribution is -2.47. The van der Waals surface area contributed by atoms with Gasteiger partial charge in [-0.05, 0) is 41.6 Å². The third-order valence-electron chi connectivity index (χ3n) is 6.33. The molecular weight excluding hydrogens is 336 g/mol. The molecule has 0 saturated carbocycles. The molecule has 26 heavy (non-hydrogen) atoms. The number of thiophene rings is 1. The van der Waals surface area contributed by atoms with Gasteiger partial charge in [-0.25, -0.2) is 0 Å². The zero-order valence-corrected chi connectivity index (χ0v) is 15.4. The van der Waals surface area contributed by atoms with E-state index in [9.17, 15) is 0 Å². The van der Waals surface area contributed by atoms with Crippen molar-refractivity contribution in [2.75, 3.05) is 6.54 Å². The lowest BCUT2D eigenvalue weighted by molar-refractivity contribution is 0.204. The number of benzene rings is 2. The minimum Gasteiger partial charge on any atom is -0.294 e. The third kappa shape index (κ3) is 1.99. The summed E-state index contributed by atoms with van der Waals surface area (Å²) in [4.78, 5) is 9.23. The summed E-state index contributed by atoms with van der Waals surface area (Å²) in [5.74, 6) is 0. The van der Waals surface area contributed by atoms with E-state index >= 15 is 0 Å². The average molecular weight is 356 g/mol. The van der Waals surface area contributed by atoms with Gasteiger partial charge in [-0.2, -0.15) is 0 Å². The van der Waals surface area contributed by atoms with Crippen LogP contribution < -0.4 is 0 Å². The normalized spacial score (nSPS) is 30.5. The van der Waals surface area contributed by atoms with Crippen LogP contribution in [0.15, 0.2) is 71.7 Å². The van der Waals surface area contributed by atoms with Gasteiger partial charge < -0.3 is 0 Å². The molecule has 2 bridgehead atoms. The first-order chi connectivity index (χ1) is 12.8. The molecule has 0 N–H and O–H groups in total. The zero-order valence-electron chi connectivity index (χ0n) is 14.6. The molecule has 6 rings (SSSR count). The fourth-order valence-corrected chi connectivity index (χ4v) is 6.57. The molecule has 1 fully saturated rings. The van der Waals surface area contributed by atoms with Crippen LogP contribution in [0.1, 0.15) is 23.3 Å². The maximum atomic E-state index is 4.91. The zero-order chi connectivity index (χ0) is 17.1. The Labute approximate surface area is 157 Å². The van der Waals surface area contributed by atoms with Gasteiger partial charge in [-0.1, -0.05) is 42.5 Å². The Kier molecular flexibility index (Phi) is 3.08. The van der Waals surface area contributed by atoms with E-state index in [0.717, 1.165) is 18.7 Å². The van der Waals surface area contributed by atoms with Gasteiger partial charge in [-0.3, -0.25) is 9.89 Å². The van der Waals surface area contributed by atoms with Gasteiger partial charge in [0.15, 0.2) is 0 Å². The molecule has 1 aromatic heterocycles. The second-order valence-electron chi connectivity index (χ2n) is 7.66. The Morgan fingerprint density at radius 3 is 2.81 bits per heavy atom. The molecule has 2 nitrogen and oxygen atoms in total. The van der Waals surface area contributed by atoms with Gasteiger partial charge in [0.2, 0.25) is 0 Å². The Balaban J connectivity index is 1.48. The van der Waals surface area contributed by atoms with E-state index in [1.54, 1.807) is 10.4 Å². The van der Waals surface area contributed by atoms with Gasteiger partial charge in [0.25, 0.3) is 0 Å². The van der Waals surface area contributed by atoms with E-state index in [4.69, 9.17) is 4.99 Å². The number of nitrogens with zero attached hydrogens (tertiary/aromatic N) is 2. The Bertz CT molecular complexity index is 1060. The molecule has 3 atom stereocenters. The van der Waals surface area contributed by atoms with Crippen molar-refractivity contribution in [3.8, 4) is 0 Å². The Morgan fingerprint density at radius 2 is 1.88 bits per heavy atom. The molecule has 0 amide bonds. The quantitative estimate of drug-likeness (QED) is 0.565. The minimum atomic E-state index is 0.201. The highest BCUT2D eigenvalue weighted by molar-refractivity contribution is 7.19. The summed E-state index contributed by atoms with van der Waals surface area (Å²) in [7, 11) is 0. The highest BCUT2D eigenvalue weighted by Gasteiger charge is 2.53. The van der Waals surface area contributed by atoms with E-state index in [2.05, 4.69) is 65.6 Å². The van der Waals surface area contributed by atoms with E-state index < -0.39 is 0 Å². The SMILES string of the molecule is C1=C[C@]23CCN(Cc4c2sc2ccccc42)[C@H]3C/C1=N/c1ccccc1. The molecule has 1 unspecified atom stereocenters. The summed E-state index contributed by atoms with van der Waals surface area (Å²) < 4.78 is 1.44. The number of para-hydroxylation sites is 1. The van der Waals surface area contributed by atoms with Crippen LogP contribution in [0.4, 0.5) is 5.69 Å². The number of hydrogen-bond acceptors (Lipinski definition) is 3. The van der Waals surface area contributed by atoms with Crippen LogP contribution in [-0.2, 0) is 12.0 Å². The molecule has 1 saturated heterocycles. The maximum absolute atomic E-state index is 4.91. The number of hydrogen-bond donors (Lipinski definition) is 0. The third-order valence-corrected chi connectivity index (χ3v) is 7.74. The van der Waals surface area contributed by atoms with Crippen molar-refractivity contribution in [2.45, 2.75) is 30.8 Å². The molecule has 1 aliphatic carbocycles. The molecule has 128 valence electrons. The molecule has 0 radical (unpaired) electrons. The molecule has 3 heterocycles. The van der Waals surface area contributed by atoms with Crippen LogP contribution in [0, 0.1) is 0 Å².